The summed E-state index contributed by atoms with van der Waals surface area (Å²) in [6, 6.07) is 26.0. The SMILES string of the molecule is CC(CCCCCOc1ccc(C(=O)Oc2ccccc2O)cc1)Oc1ccc(C(=O)Oc2ccccc2O)cc1. The molecule has 0 aliphatic rings. The van der Waals surface area contributed by atoms with Crippen molar-refractivity contribution in [2.75, 3.05) is 6.61 Å². The molecule has 0 spiro atoms. The number of aromatic hydroxyl groups is 2. The van der Waals surface area contributed by atoms with Crippen LogP contribution < -0.4 is 18.9 Å². The Bertz CT molecular complexity index is 1430. The van der Waals surface area contributed by atoms with Crippen LogP contribution >= 0.6 is 0 Å². The van der Waals surface area contributed by atoms with E-state index >= 15 is 0 Å². The Kier molecular flexibility index (Phi) is 10.2. The van der Waals surface area contributed by atoms with Crippen molar-refractivity contribution in [1.29, 1.82) is 0 Å². The Hall–Kier alpha value is -4.98. The highest BCUT2D eigenvalue weighted by molar-refractivity contribution is 5.92. The van der Waals surface area contributed by atoms with Crippen LogP contribution in [0.5, 0.6) is 34.5 Å². The normalized spacial score (nSPS) is 11.3. The smallest absolute Gasteiger partial charge is 0.343 e. The minimum absolute atomic E-state index is 0.0000783. The molecular weight excluding hydrogens is 524 g/mol. The number of carbonyl (C=O) groups is 2. The van der Waals surface area contributed by atoms with E-state index in [9.17, 15) is 19.8 Å². The van der Waals surface area contributed by atoms with Crippen LogP contribution in [-0.2, 0) is 0 Å². The lowest BCUT2D eigenvalue weighted by atomic mass is 10.1. The van der Waals surface area contributed by atoms with E-state index in [1.807, 2.05) is 6.92 Å². The van der Waals surface area contributed by atoms with Gasteiger partial charge in [-0.25, -0.2) is 9.59 Å². The lowest BCUT2D eigenvalue weighted by molar-refractivity contribution is 0.0720. The fourth-order valence-corrected chi connectivity index (χ4v) is 3.95. The molecule has 4 aromatic carbocycles. The molecule has 2 N–H and O–H groups in total. The molecule has 8 nitrogen and oxygen atoms in total. The number of unbranched alkanes of at least 4 members (excludes halogenated alkanes) is 2. The van der Waals surface area contributed by atoms with E-state index in [2.05, 4.69) is 0 Å². The molecular formula is C33H32O8. The minimum atomic E-state index is -0.559. The first-order chi connectivity index (χ1) is 19.9. The predicted octanol–water partition coefficient (Wildman–Crippen LogP) is 6.94. The van der Waals surface area contributed by atoms with Gasteiger partial charge in [0.2, 0.25) is 0 Å². The molecule has 0 aliphatic carbocycles. The van der Waals surface area contributed by atoms with Crippen molar-refractivity contribution < 1.29 is 38.7 Å². The van der Waals surface area contributed by atoms with Crippen LogP contribution in [0, 0.1) is 0 Å². The summed E-state index contributed by atoms with van der Waals surface area (Å²) < 4.78 is 22.2. The zero-order chi connectivity index (χ0) is 29.0. The van der Waals surface area contributed by atoms with Crippen LogP contribution in [0.25, 0.3) is 0 Å². The molecule has 0 saturated carbocycles. The summed E-state index contributed by atoms with van der Waals surface area (Å²) in [7, 11) is 0. The average Bonchev–Trinajstić information content (AvgIpc) is 2.98. The first kappa shape index (κ1) is 29.0. The van der Waals surface area contributed by atoms with Gasteiger partial charge in [-0.15, -0.1) is 0 Å². The number of rotatable bonds is 13. The Labute approximate surface area is 238 Å². The highest BCUT2D eigenvalue weighted by Gasteiger charge is 2.13. The predicted molar refractivity (Wildman–Crippen MR) is 153 cm³/mol. The van der Waals surface area contributed by atoms with E-state index in [0.717, 1.165) is 25.7 Å². The number of esters is 2. The van der Waals surface area contributed by atoms with Gasteiger partial charge in [0.15, 0.2) is 23.0 Å². The monoisotopic (exact) mass is 556 g/mol. The summed E-state index contributed by atoms with van der Waals surface area (Å²) in [5.74, 6) is 0.232. The first-order valence-electron chi connectivity index (χ1n) is 13.4. The van der Waals surface area contributed by atoms with Crippen molar-refractivity contribution in [3.05, 3.63) is 108 Å². The molecule has 0 radical (unpaired) electrons. The summed E-state index contributed by atoms with van der Waals surface area (Å²) in [6.07, 6.45) is 3.67. The number of para-hydroxylation sites is 4. The molecule has 0 aromatic heterocycles. The van der Waals surface area contributed by atoms with E-state index in [-0.39, 0.29) is 29.1 Å². The second-order valence-electron chi connectivity index (χ2n) is 9.39. The number of ether oxygens (including phenoxy) is 4. The van der Waals surface area contributed by atoms with Gasteiger partial charge in [0.25, 0.3) is 0 Å². The number of phenols is 2. The fraction of sp³-hybridized carbons (Fsp3) is 0.212. The summed E-state index contributed by atoms with van der Waals surface area (Å²) in [5, 5.41) is 19.5. The maximum atomic E-state index is 12.3. The van der Waals surface area contributed by atoms with Crippen molar-refractivity contribution in [2.45, 2.75) is 38.7 Å². The van der Waals surface area contributed by atoms with E-state index in [4.69, 9.17) is 18.9 Å². The lowest BCUT2D eigenvalue weighted by Crippen LogP contribution is -2.12. The third-order valence-corrected chi connectivity index (χ3v) is 6.18. The molecule has 0 aliphatic heterocycles. The fourth-order valence-electron chi connectivity index (χ4n) is 3.95. The van der Waals surface area contributed by atoms with Crippen molar-refractivity contribution in [2.24, 2.45) is 0 Å². The molecule has 41 heavy (non-hydrogen) atoms. The Balaban J connectivity index is 1.11. The molecule has 0 saturated heterocycles. The highest BCUT2D eigenvalue weighted by atomic mass is 16.5. The Morgan fingerprint density at radius 2 is 1.12 bits per heavy atom. The van der Waals surface area contributed by atoms with Gasteiger partial charge in [-0.2, -0.15) is 0 Å². The zero-order valence-corrected chi connectivity index (χ0v) is 22.7. The molecule has 212 valence electrons. The van der Waals surface area contributed by atoms with E-state index < -0.39 is 11.9 Å². The number of benzene rings is 4. The van der Waals surface area contributed by atoms with Gasteiger partial charge < -0.3 is 29.2 Å². The minimum Gasteiger partial charge on any atom is -0.504 e. The second-order valence-corrected chi connectivity index (χ2v) is 9.39. The summed E-state index contributed by atoms with van der Waals surface area (Å²) in [6.45, 7) is 2.55. The number of hydrogen-bond donors (Lipinski definition) is 2. The van der Waals surface area contributed by atoms with Crippen LogP contribution in [0.3, 0.4) is 0 Å². The van der Waals surface area contributed by atoms with E-state index in [1.54, 1.807) is 72.8 Å². The quantitative estimate of drug-likeness (QED) is 0.103. The molecule has 0 bridgehead atoms. The van der Waals surface area contributed by atoms with Crippen LogP contribution in [0.15, 0.2) is 97.1 Å². The van der Waals surface area contributed by atoms with Crippen molar-refractivity contribution in [1.82, 2.24) is 0 Å². The van der Waals surface area contributed by atoms with Crippen molar-refractivity contribution in [3.8, 4) is 34.5 Å². The molecule has 1 unspecified atom stereocenters. The van der Waals surface area contributed by atoms with Crippen molar-refractivity contribution in [3.63, 3.8) is 0 Å². The summed E-state index contributed by atoms with van der Waals surface area (Å²) in [5.41, 5.74) is 0.715. The summed E-state index contributed by atoms with van der Waals surface area (Å²) in [4.78, 5) is 24.6. The largest absolute Gasteiger partial charge is 0.504 e. The van der Waals surface area contributed by atoms with Crippen LogP contribution in [0.2, 0.25) is 0 Å². The molecule has 0 fully saturated rings. The molecule has 1 atom stereocenters. The molecule has 4 rings (SSSR count). The average molecular weight is 557 g/mol. The molecule has 0 amide bonds. The summed E-state index contributed by atoms with van der Waals surface area (Å²) >= 11 is 0. The van der Waals surface area contributed by atoms with Gasteiger partial charge in [0.05, 0.1) is 23.8 Å². The van der Waals surface area contributed by atoms with Gasteiger partial charge in [-0.1, -0.05) is 24.3 Å². The maximum Gasteiger partial charge on any atom is 0.343 e. The number of phenolic OH excluding ortho intramolecular Hbond substituents is 2. The van der Waals surface area contributed by atoms with Gasteiger partial charge in [-0.05, 0) is 105 Å². The highest BCUT2D eigenvalue weighted by Crippen LogP contribution is 2.27. The number of carbonyl (C=O) groups excluding carboxylic acids is 2. The Morgan fingerprint density at radius 1 is 0.634 bits per heavy atom. The number of hydrogen-bond acceptors (Lipinski definition) is 8. The molecule has 0 heterocycles. The standard InChI is InChI=1S/C33H32O8/c1-23(39-27-20-16-25(17-21-27)33(37)41-31-13-7-5-11-29(31)35)9-3-2-8-22-38-26-18-14-24(15-19-26)32(36)40-30-12-6-4-10-28(30)34/h4-7,10-21,23,34-35H,2-3,8-9,22H2,1H3. The Morgan fingerprint density at radius 3 is 1.63 bits per heavy atom. The second kappa shape index (κ2) is 14.4. The molecule has 8 heteroatoms. The van der Waals surface area contributed by atoms with Gasteiger partial charge in [-0.3, -0.25) is 0 Å². The van der Waals surface area contributed by atoms with Crippen LogP contribution in [-0.4, -0.2) is 34.9 Å². The van der Waals surface area contributed by atoms with E-state index in [0.29, 0.717) is 29.2 Å². The third-order valence-electron chi connectivity index (χ3n) is 6.18. The van der Waals surface area contributed by atoms with Crippen LogP contribution in [0.1, 0.15) is 53.3 Å². The third kappa shape index (κ3) is 8.76. The van der Waals surface area contributed by atoms with E-state index in [1.165, 1.54) is 24.3 Å². The molecule has 4 aromatic rings. The topological polar surface area (TPSA) is 112 Å². The first-order valence-corrected chi connectivity index (χ1v) is 13.4. The lowest BCUT2D eigenvalue weighted by Gasteiger charge is -2.15. The zero-order valence-electron chi connectivity index (χ0n) is 22.7. The van der Waals surface area contributed by atoms with Gasteiger partial charge in [0.1, 0.15) is 11.5 Å². The van der Waals surface area contributed by atoms with Crippen molar-refractivity contribution >= 4 is 11.9 Å². The van der Waals surface area contributed by atoms with Gasteiger partial charge >= 0.3 is 11.9 Å². The van der Waals surface area contributed by atoms with Crippen LogP contribution in [0.4, 0.5) is 0 Å². The van der Waals surface area contributed by atoms with Gasteiger partial charge in [0, 0.05) is 0 Å². The maximum absolute atomic E-state index is 12.3.